The van der Waals surface area contributed by atoms with Crippen molar-refractivity contribution in [2.75, 3.05) is 13.1 Å². The van der Waals surface area contributed by atoms with E-state index in [4.69, 9.17) is 5.73 Å². The maximum absolute atomic E-state index is 12.9. The predicted molar refractivity (Wildman–Crippen MR) is 92.7 cm³/mol. The van der Waals surface area contributed by atoms with E-state index in [1.807, 2.05) is 0 Å². The molecule has 8 heteroatoms. The second-order valence-corrected chi connectivity index (χ2v) is 5.34. The van der Waals surface area contributed by atoms with Crippen LogP contribution in [0.25, 0.3) is 10.6 Å². The van der Waals surface area contributed by atoms with Crippen LogP contribution in [0.1, 0.15) is 21.8 Å². The lowest BCUT2D eigenvalue weighted by Crippen LogP contribution is -2.25. The zero-order chi connectivity index (χ0) is 14.5. The lowest BCUT2D eigenvalue weighted by atomic mass is 10.2. The standard InChI is InChI=1S/C14H16FN3OS.2ClH/c1-9-12(13(19)17-8-2-7-16)20-14(18-9)10-3-5-11(15)6-4-10;;/h3-6H,2,7-8,16H2,1H3,(H,17,19);2*1H. The second-order valence-electron chi connectivity index (χ2n) is 4.34. The van der Waals surface area contributed by atoms with Gasteiger partial charge in [-0.2, -0.15) is 0 Å². The predicted octanol–water partition coefficient (Wildman–Crippen LogP) is 3.18. The molecule has 1 aromatic carbocycles. The third-order valence-electron chi connectivity index (χ3n) is 2.76. The van der Waals surface area contributed by atoms with Crippen LogP contribution in [-0.4, -0.2) is 24.0 Å². The van der Waals surface area contributed by atoms with Crippen molar-refractivity contribution in [3.05, 3.63) is 40.7 Å². The van der Waals surface area contributed by atoms with Gasteiger partial charge >= 0.3 is 0 Å². The fraction of sp³-hybridized carbons (Fsp3) is 0.286. The third-order valence-corrected chi connectivity index (χ3v) is 3.97. The Morgan fingerprint density at radius 1 is 1.32 bits per heavy atom. The summed E-state index contributed by atoms with van der Waals surface area (Å²) in [5, 5.41) is 3.52. The number of benzene rings is 1. The van der Waals surface area contributed by atoms with Crippen molar-refractivity contribution in [1.82, 2.24) is 10.3 Å². The van der Waals surface area contributed by atoms with Crippen LogP contribution in [0.15, 0.2) is 24.3 Å². The summed E-state index contributed by atoms with van der Waals surface area (Å²) in [6.45, 7) is 2.89. The number of hydrogen-bond donors (Lipinski definition) is 2. The Labute approximate surface area is 145 Å². The van der Waals surface area contributed by atoms with E-state index in [0.29, 0.717) is 28.7 Å². The van der Waals surface area contributed by atoms with Crippen LogP contribution in [0.3, 0.4) is 0 Å². The van der Waals surface area contributed by atoms with Gasteiger partial charge < -0.3 is 11.1 Å². The number of nitrogens with one attached hydrogen (secondary N) is 1. The number of carbonyl (C=O) groups is 1. The van der Waals surface area contributed by atoms with Crippen molar-refractivity contribution in [2.24, 2.45) is 5.73 Å². The van der Waals surface area contributed by atoms with E-state index in [1.54, 1.807) is 19.1 Å². The summed E-state index contributed by atoms with van der Waals surface area (Å²) in [6, 6.07) is 6.08. The molecular weight excluding hydrogens is 348 g/mol. The number of aryl methyl sites for hydroxylation is 1. The van der Waals surface area contributed by atoms with Crippen molar-refractivity contribution >= 4 is 42.1 Å². The minimum Gasteiger partial charge on any atom is -0.351 e. The molecule has 3 N–H and O–H groups in total. The van der Waals surface area contributed by atoms with Gasteiger partial charge in [0, 0.05) is 12.1 Å². The number of carbonyl (C=O) groups excluding carboxylic acids is 1. The first kappa shape index (κ1) is 20.8. The highest BCUT2D eigenvalue weighted by atomic mass is 35.5. The van der Waals surface area contributed by atoms with E-state index in [1.165, 1.54) is 23.5 Å². The minimum absolute atomic E-state index is 0. The van der Waals surface area contributed by atoms with Crippen molar-refractivity contribution in [3.63, 3.8) is 0 Å². The number of halogens is 3. The summed E-state index contributed by atoms with van der Waals surface area (Å²) >= 11 is 1.31. The van der Waals surface area contributed by atoms with Crippen LogP contribution in [0.2, 0.25) is 0 Å². The van der Waals surface area contributed by atoms with Crippen LogP contribution in [0, 0.1) is 12.7 Å². The summed E-state index contributed by atoms with van der Waals surface area (Å²) < 4.78 is 12.9. The quantitative estimate of drug-likeness (QED) is 0.799. The molecule has 0 unspecified atom stereocenters. The first-order chi connectivity index (χ1) is 9.61. The molecule has 4 nitrogen and oxygen atoms in total. The van der Waals surface area contributed by atoms with Gasteiger partial charge in [-0.3, -0.25) is 4.79 Å². The summed E-state index contributed by atoms with van der Waals surface area (Å²) in [6.07, 6.45) is 0.744. The average molecular weight is 366 g/mol. The van der Waals surface area contributed by atoms with Gasteiger partial charge in [-0.05, 0) is 44.2 Å². The van der Waals surface area contributed by atoms with E-state index in [9.17, 15) is 9.18 Å². The Hall–Kier alpha value is -1.21. The highest BCUT2D eigenvalue weighted by Gasteiger charge is 2.15. The molecule has 0 aliphatic heterocycles. The Morgan fingerprint density at radius 2 is 1.95 bits per heavy atom. The lowest BCUT2D eigenvalue weighted by molar-refractivity contribution is 0.0956. The number of amides is 1. The van der Waals surface area contributed by atoms with E-state index >= 15 is 0 Å². The largest absolute Gasteiger partial charge is 0.351 e. The van der Waals surface area contributed by atoms with Crippen LogP contribution < -0.4 is 11.1 Å². The van der Waals surface area contributed by atoms with Gasteiger partial charge in [-0.25, -0.2) is 9.37 Å². The molecule has 0 aliphatic rings. The molecule has 0 saturated carbocycles. The van der Waals surface area contributed by atoms with Crippen LogP contribution >= 0.6 is 36.2 Å². The molecule has 2 rings (SSSR count). The Bertz CT molecular complexity index is 605. The van der Waals surface area contributed by atoms with Gasteiger partial charge in [-0.1, -0.05) is 0 Å². The molecule has 1 heterocycles. The number of rotatable bonds is 5. The van der Waals surface area contributed by atoms with Crippen LogP contribution in [-0.2, 0) is 0 Å². The van der Waals surface area contributed by atoms with E-state index in [2.05, 4.69) is 10.3 Å². The Morgan fingerprint density at radius 3 is 2.55 bits per heavy atom. The Balaban J connectivity index is 0.00000220. The lowest BCUT2D eigenvalue weighted by Gasteiger charge is -2.01. The topological polar surface area (TPSA) is 68.0 Å². The first-order valence-electron chi connectivity index (χ1n) is 6.33. The average Bonchev–Trinajstić information content (AvgIpc) is 2.82. The second kappa shape index (κ2) is 9.74. The fourth-order valence-electron chi connectivity index (χ4n) is 1.71. The summed E-state index contributed by atoms with van der Waals surface area (Å²) in [5.41, 5.74) is 6.87. The zero-order valence-corrected chi connectivity index (χ0v) is 14.4. The molecular formula is C14H18Cl2FN3OS. The van der Waals surface area contributed by atoms with Crippen molar-refractivity contribution in [2.45, 2.75) is 13.3 Å². The molecule has 1 aromatic heterocycles. The summed E-state index contributed by atoms with van der Waals surface area (Å²) in [5.74, 6) is -0.427. The van der Waals surface area contributed by atoms with Crippen LogP contribution in [0.4, 0.5) is 4.39 Å². The molecule has 0 spiro atoms. The molecule has 122 valence electrons. The van der Waals surface area contributed by atoms with Gasteiger partial charge in [0.2, 0.25) is 0 Å². The number of nitrogens with two attached hydrogens (primary N) is 1. The molecule has 0 aliphatic carbocycles. The highest BCUT2D eigenvalue weighted by Crippen LogP contribution is 2.27. The highest BCUT2D eigenvalue weighted by molar-refractivity contribution is 7.17. The molecule has 2 aromatic rings. The van der Waals surface area contributed by atoms with E-state index < -0.39 is 0 Å². The van der Waals surface area contributed by atoms with Gasteiger partial charge in [0.25, 0.3) is 5.91 Å². The first-order valence-corrected chi connectivity index (χ1v) is 7.15. The zero-order valence-electron chi connectivity index (χ0n) is 12.0. The normalized spacial score (nSPS) is 9.59. The molecule has 0 radical (unpaired) electrons. The van der Waals surface area contributed by atoms with Gasteiger partial charge in [0.1, 0.15) is 15.7 Å². The number of hydrogen-bond acceptors (Lipinski definition) is 4. The van der Waals surface area contributed by atoms with Crippen molar-refractivity contribution < 1.29 is 9.18 Å². The number of nitrogens with zero attached hydrogens (tertiary/aromatic N) is 1. The number of thiazole rings is 1. The molecule has 0 bridgehead atoms. The minimum atomic E-state index is -0.290. The molecule has 0 atom stereocenters. The van der Waals surface area contributed by atoms with Gasteiger partial charge in [0.05, 0.1) is 5.69 Å². The Kier molecular flexibility index (Phi) is 9.20. The van der Waals surface area contributed by atoms with E-state index in [-0.39, 0.29) is 36.5 Å². The van der Waals surface area contributed by atoms with Crippen LogP contribution in [0.5, 0.6) is 0 Å². The number of aromatic nitrogens is 1. The molecule has 22 heavy (non-hydrogen) atoms. The van der Waals surface area contributed by atoms with Gasteiger partial charge in [-0.15, -0.1) is 36.2 Å². The fourth-order valence-corrected chi connectivity index (χ4v) is 2.70. The van der Waals surface area contributed by atoms with Crippen molar-refractivity contribution in [1.29, 1.82) is 0 Å². The molecule has 0 fully saturated rings. The smallest absolute Gasteiger partial charge is 0.263 e. The third kappa shape index (κ3) is 5.21. The monoisotopic (exact) mass is 365 g/mol. The molecule has 1 amide bonds. The maximum atomic E-state index is 12.9. The van der Waals surface area contributed by atoms with Crippen molar-refractivity contribution in [3.8, 4) is 10.6 Å². The summed E-state index contributed by atoms with van der Waals surface area (Å²) in [7, 11) is 0. The van der Waals surface area contributed by atoms with Gasteiger partial charge in [0.15, 0.2) is 0 Å². The maximum Gasteiger partial charge on any atom is 0.263 e. The van der Waals surface area contributed by atoms with E-state index in [0.717, 1.165) is 12.0 Å². The molecule has 0 saturated heterocycles. The summed E-state index contributed by atoms with van der Waals surface area (Å²) in [4.78, 5) is 17.0. The SMILES string of the molecule is Cc1nc(-c2ccc(F)cc2)sc1C(=O)NCCCN.Cl.Cl.